The van der Waals surface area contributed by atoms with Crippen LogP contribution in [0.15, 0.2) is 46.9 Å². The Balaban J connectivity index is 1.47. The summed E-state index contributed by atoms with van der Waals surface area (Å²) in [5, 5.41) is 3.77. The first-order chi connectivity index (χ1) is 11.6. The van der Waals surface area contributed by atoms with E-state index in [1.54, 1.807) is 0 Å². The Labute approximate surface area is 140 Å². The van der Waals surface area contributed by atoms with E-state index < -0.39 is 0 Å². The van der Waals surface area contributed by atoms with E-state index in [1.807, 2.05) is 43.3 Å². The van der Waals surface area contributed by atoms with E-state index >= 15 is 0 Å². The van der Waals surface area contributed by atoms with Crippen molar-refractivity contribution in [3.8, 4) is 0 Å². The van der Waals surface area contributed by atoms with Crippen molar-refractivity contribution in [2.24, 2.45) is 5.92 Å². The van der Waals surface area contributed by atoms with Crippen LogP contribution in [-0.2, 0) is 14.3 Å². The smallest absolute Gasteiger partial charge is 0.306 e. The molecule has 126 valence electrons. The number of hydrogen-bond acceptors (Lipinski definition) is 4. The largest absolute Gasteiger partial charge is 0.459 e. The highest BCUT2D eigenvalue weighted by Crippen LogP contribution is 2.23. The second-order valence-corrected chi connectivity index (χ2v) is 6.11. The second-order valence-electron chi connectivity index (χ2n) is 6.11. The van der Waals surface area contributed by atoms with E-state index in [-0.39, 0.29) is 30.4 Å². The van der Waals surface area contributed by atoms with E-state index in [9.17, 15) is 9.59 Å². The lowest BCUT2D eigenvalue weighted by Crippen LogP contribution is -2.31. The van der Waals surface area contributed by atoms with Crippen molar-refractivity contribution in [3.63, 3.8) is 0 Å². The van der Waals surface area contributed by atoms with Crippen molar-refractivity contribution in [1.29, 1.82) is 0 Å². The number of esters is 1. The Morgan fingerprint density at radius 1 is 1.38 bits per heavy atom. The van der Waals surface area contributed by atoms with Crippen LogP contribution in [0.1, 0.15) is 38.0 Å². The van der Waals surface area contributed by atoms with Crippen LogP contribution in [0.5, 0.6) is 0 Å². The molecule has 1 aromatic carbocycles. The van der Waals surface area contributed by atoms with E-state index in [0.29, 0.717) is 12.2 Å². The first kappa shape index (κ1) is 16.3. The van der Waals surface area contributed by atoms with Crippen molar-refractivity contribution in [3.05, 3.63) is 48.2 Å². The number of furan rings is 1. The molecule has 0 spiro atoms. The fourth-order valence-corrected chi connectivity index (χ4v) is 2.85. The number of ether oxygens (including phenoxy) is 1. The standard InChI is InChI=1S/C19H21NO4/c1-13(17-11-15-8-4-5-9-16(15)24-17)20-18(21)12-23-19(22)10-14-6-2-3-7-14/h2,4-6,8-9,11,13-14H,3,7,10,12H2,1H3,(H,20,21)/t13-,14+/m0/s1. The van der Waals surface area contributed by atoms with Crippen LogP contribution in [0.2, 0.25) is 0 Å². The molecule has 0 fully saturated rings. The fraction of sp³-hybridized carbons (Fsp3) is 0.368. The van der Waals surface area contributed by atoms with Gasteiger partial charge in [0.05, 0.1) is 12.5 Å². The Morgan fingerprint density at radius 3 is 2.96 bits per heavy atom. The maximum absolute atomic E-state index is 11.9. The lowest BCUT2D eigenvalue weighted by Gasteiger charge is -2.12. The molecule has 0 saturated carbocycles. The first-order valence-corrected chi connectivity index (χ1v) is 8.22. The van der Waals surface area contributed by atoms with Gasteiger partial charge in [-0.3, -0.25) is 9.59 Å². The molecule has 0 aliphatic heterocycles. The molecule has 1 aliphatic carbocycles. The molecule has 5 nitrogen and oxygen atoms in total. The molecule has 1 N–H and O–H groups in total. The van der Waals surface area contributed by atoms with Crippen LogP contribution < -0.4 is 5.32 Å². The van der Waals surface area contributed by atoms with Crippen molar-refractivity contribution in [2.75, 3.05) is 6.61 Å². The molecule has 24 heavy (non-hydrogen) atoms. The van der Waals surface area contributed by atoms with E-state index in [1.165, 1.54) is 0 Å². The van der Waals surface area contributed by atoms with Gasteiger partial charge in [-0.1, -0.05) is 30.4 Å². The molecule has 0 radical (unpaired) electrons. The molecular formula is C19H21NO4. The van der Waals surface area contributed by atoms with Gasteiger partial charge in [-0.25, -0.2) is 0 Å². The van der Waals surface area contributed by atoms with Gasteiger partial charge in [0.2, 0.25) is 0 Å². The molecule has 2 aromatic rings. The number of benzene rings is 1. The Kier molecular flexibility index (Phi) is 4.99. The summed E-state index contributed by atoms with van der Waals surface area (Å²) < 4.78 is 10.8. The van der Waals surface area contributed by atoms with Crippen molar-refractivity contribution in [1.82, 2.24) is 5.32 Å². The number of nitrogens with one attached hydrogen (secondary N) is 1. The predicted molar refractivity (Wildman–Crippen MR) is 90.2 cm³/mol. The number of hydrogen-bond donors (Lipinski definition) is 1. The van der Waals surface area contributed by atoms with Crippen LogP contribution >= 0.6 is 0 Å². The third-order valence-electron chi connectivity index (χ3n) is 4.15. The molecule has 0 saturated heterocycles. The molecule has 1 amide bonds. The minimum atomic E-state index is -0.335. The summed E-state index contributed by atoms with van der Waals surface area (Å²) in [7, 11) is 0. The zero-order valence-corrected chi connectivity index (χ0v) is 13.7. The maximum Gasteiger partial charge on any atom is 0.306 e. The highest BCUT2D eigenvalue weighted by atomic mass is 16.5. The summed E-state index contributed by atoms with van der Waals surface area (Å²) >= 11 is 0. The molecule has 1 heterocycles. The van der Waals surface area contributed by atoms with Crippen LogP contribution in [0.25, 0.3) is 11.0 Å². The SMILES string of the molecule is C[C@H](NC(=O)COC(=O)C[C@@H]1C=CCC1)c1cc2ccccc2o1. The molecule has 0 bridgehead atoms. The monoisotopic (exact) mass is 327 g/mol. The number of carbonyl (C=O) groups excluding carboxylic acids is 2. The van der Waals surface area contributed by atoms with E-state index in [0.717, 1.165) is 23.8 Å². The minimum absolute atomic E-state index is 0.245. The average molecular weight is 327 g/mol. The number of rotatable bonds is 6. The molecule has 5 heteroatoms. The van der Waals surface area contributed by atoms with Crippen LogP contribution in [0.3, 0.4) is 0 Å². The first-order valence-electron chi connectivity index (χ1n) is 8.22. The number of allylic oxidation sites excluding steroid dienone is 2. The fourth-order valence-electron chi connectivity index (χ4n) is 2.85. The van der Waals surface area contributed by atoms with Gasteiger partial charge < -0.3 is 14.5 Å². The van der Waals surface area contributed by atoms with E-state index in [2.05, 4.69) is 11.4 Å². The third-order valence-corrected chi connectivity index (χ3v) is 4.15. The Hall–Kier alpha value is -2.56. The highest BCUT2D eigenvalue weighted by Gasteiger charge is 2.18. The summed E-state index contributed by atoms with van der Waals surface area (Å²) in [6.07, 6.45) is 6.42. The van der Waals surface area contributed by atoms with Crippen LogP contribution in [-0.4, -0.2) is 18.5 Å². The quantitative estimate of drug-likeness (QED) is 0.651. The Bertz CT molecular complexity index is 729. The average Bonchev–Trinajstić information content (AvgIpc) is 3.21. The van der Waals surface area contributed by atoms with Crippen molar-refractivity contribution in [2.45, 2.75) is 32.2 Å². The van der Waals surface area contributed by atoms with Crippen LogP contribution in [0, 0.1) is 5.92 Å². The molecule has 3 rings (SSSR count). The molecule has 1 aliphatic rings. The van der Waals surface area contributed by atoms with E-state index in [4.69, 9.17) is 9.15 Å². The molecule has 0 unspecified atom stereocenters. The second kappa shape index (κ2) is 7.34. The predicted octanol–water partition coefficient (Wildman–Crippen LogP) is 3.51. The summed E-state index contributed by atoms with van der Waals surface area (Å²) in [6.45, 7) is 1.57. The normalized spacial score (nSPS) is 17.8. The molecule has 1 aromatic heterocycles. The number of amides is 1. The van der Waals surface area contributed by atoms with Gasteiger partial charge in [0, 0.05) is 5.39 Å². The number of carbonyl (C=O) groups is 2. The summed E-state index contributed by atoms with van der Waals surface area (Å²) in [4.78, 5) is 23.7. The topological polar surface area (TPSA) is 68.5 Å². The number of para-hydroxylation sites is 1. The summed E-state index contributed by atoms with van der Waals surface area (Å²) in [5.41, 5.74) is 0.782. The van der Waals surface area contributed by atoms with Gasteiger partial charge in [0.25, 0.3) is 5.91 Å². The van der Waals surface area contributed by atoms with Gasteiger partial charge in [-0.2, -0.15) is 0 Å². The maximum atomic E-state index is 11.9. The number of fused-ring (bicyclic) bond motifs is 1. The van der Waals surface area contributed by atoms with Gasteiger partial charge in [0.15, 0.2) is 6.61 Å². The zero-order chi connectivity index (χ0) is 16.9. The van der Waals surface area contributed by atoms with Gasteiger partial charge in [-0.15, -0.1) is 0 Å². The van der Waals surface area contributed by atoms with Crippen molar-refractivity contribution >= 4 is 22.8 Å². The van der Waals surface area contributed by atoms with Gasteiger partial charge in [-0.05, 0) is 37.8 Å². The van der Waals surface area contributed by atoms with Crippen LogP contribution in [0.4, 0.5) is 0 Å². The summed E-state index contributed by atoms with van der Waals surface area (Å²) in [6, 6.07) is 9.28. The zero-order valence-electron chi connectivity index (χ0n) is 13.7. The summed E-state index contributed by atoms with van der Waals surface area (Å²) in [5.74, 6) is 0.248. The van der Waals surface area contributed by atoms with Gasteiger partial charge in [0.1, 0.15) is 11.3 Å². The lowest BCUT2D eigenvalue weighted by atomic mass is 10.1. The third kappa shape index (κ3) is 4.04. The van der Waals surface area contributed by atoms with Gasteiger partial charge >= 0.3 is 5.97 Å². The Morgan fingerprint density at radius 2 is 2.21 bits per heavy atom. The molecule has 2 atom stereocenters. The van der Waals surface area contributed by atoms with Crippen molar-refractivity contribution < 1.29 is 18.7 Å². The molecular weight excluding hydrogens is 306 g/mol. The highest BCUT2D eigenvalue weighted by molar-refractivity contribution is 5.81. The minimum Gasteiger partial charge on any atom is -0.459 e. The lowest BCUT2D eigenvalue weighted by molar-refractivity contribution is -0.149.